The van der Waals surface area contributed by atoms with Gasteiger partial charge in [-0.1, -0.05) is 6.07 Å². The molecule has 1 N–H and O–H groups in total. The summed E-state index contributed by atoms with van der Waals surface area (Å²) in [5.41, 5.74) is 1.40. The Bertz CT molecular complexity index is 551. The topological polar surface area (TPSA) is 45.2 Å². The van der Waals surface area contributed by atoms with Gasteiger partial charge in [-0.3, -0.25) is 4.79 Å². The van der Waals surface area contributed by atoms with E-state index in [0.717, 1.165) is 12.2 Å². The largest absolute Gasteiger partial charge is 0.384 e. The molecule has 20 heavy (non-hydrogen) atoms. The zero-order valence-corrected chi connectivity index (χ0v) is 12.8. The van der Waals surface area contributed by atoms with E-state index < -0.39 is 0 Å². The number of rotatable bonds is 5. The molecule has 2 rings (SSSR count). The number of pyridine rings is 1. The van der Waals surface area contributed by atoms with Crippen LogP contribution in [0.1, 0.15) is 35.3 Å². The molecule has 1 atom stereocenters. The van der Waals surface area contributed by atoms with Gasteiger partial charge in [-0.05, 0) is 37.4 Å². The highest BCUT2D eigenvalue weighted by atomic mass is 32.1. The van der Waals surface area contributed by atoms with E-state index in [4.69, 9.17) is 0 Å². The quantitative estimate of drug-likeness (QED) is 0.917. The summed E-state index contributed by atoms with van der Waals surface area (Å²) in [5, 5.41) is 5.18. The summed E-state index contributed by atoms with van der Waals surface area (Å²) >= 11 is 1.66. The monoisotopic (exact) mass is 289 g/mol. The highest BCUT2D eigenvalue weighted by Crippen LogP contribution is 2.24. The molecule has 0 aliphatic carbocycles. The fraction of sp³-hybridized carbons (Fsp3) is 0.333. The van der Waals surface area contributed by atoms with Crippen LogP contribution in [0.5, 0.6) is 0 Å². The molecule has 0 spiro atoms. The Balaban J connectivity index is 2.10. The number of anilines is 1. The standard InChI is InChI=1S/C15H19N3OS/c1-4-16-12-7-8-13(17-10-12)15(19)18(3)11(2)14-6-5-9-20-14/h5-11,16H,4H2,1-3H3. The number of hydrogen-bond acceptors (Lipinski definition) is 4. The molecule has 0 radical (unpaired) electrons. The van der Waals surface area contributed by atoms with Crippen molar-refractivity contribution >= 4 is 22.9 Å². The maximum absolute atomic E-state index is 12.4. The van der Waals surface area contributed by atoms with Crippen molar-refractivity contribution in [3.05, 3.63) is 46.4 Å². The first-order valence-electron chi connectivity index (χ1n) is 6.64. The van der Waals surface area contributed by atoms with Crippen LogP contribution in [-0.2, 0) is 0 Å². The average Bonchev–Trinajstić information content (AvgIpc) is 3.00. The third kappa shape index (κ3) is 3.17. The van der Waals surface area contributed by atoms with Crippen molar-refractivity contribution in [2.45, 2.75) is 19.9 Å². The van der Waals surface area contributed by atoms with Crippen molar-refractivity contribution in [2.24, 2.45) is 0 Å². The van der Waals surface area contributed by atoms with Crippen molar-refractivity contribution in [3.63, 3.8) is 0 Å². The first-order valence-corrected chi connectivity index (χ1v) is 7.52. The van der Waals surface area contributed by atoms with Gasteiger partial charge >= 0.3 is 0 Å². The Morgan fingerprint density at radius 3 is 2.80 bits per heavy atom. The molecule has 0 aliphatic rings. The minimum Gasteiger partial charge on any atom is -0.384 e. The van der Waals surface area contributed by atoms with E-state index in [1.807, 2.05) is 44.5 Å². The van der Waals surface area contributed by atoms with Crippen LogP contribution in [0.25, 0.3) is 0 Å². The molecule has 0 saturated heterocycles. The molecule has 0 saturated carbocycles. The molecule has 106 valence electrons. The Morgan fingerprint density at radius 2 is 2.25 bits per heavy atom. The smallest absolute Gasteiger partial charge is 0.272 e. The number of hydrogen-bond donors (Lipinski definition) is 1. The molecular formula is C15H19N3OS. The maximum atomic E-state index is 12.4. The fourth-order valence-corrected chi connectivity index (χ4v) is 2.73. The Kier molecular flexibility index (Phi) is 4.74. The summed E-state index contributed by atoms with van der Waals surface area (Å²) in [5.74, 6) is -0.0612. The van der Waals surface area contributed by atoms with Crippen LogP contribution >= 0.6 is 11.3 Å². The van der Waals surface area contributed by atoms with E-state index in [9.17, 15) is 4.79 Å². The first-order chi connectivity index (χ1) is 9.63. The molecule has 2 aromatic rings. The lowest BCUT2D eigenvalue weighted by Gasteiger charge is -2.23. The lowest BCUT2D eigenvalue weighted by atomic mass is 10.2. The number of aromatic nitrogens is 1. The zero-order valence-electron chi connectivity index (χ0n) is 12.0. The van der Waals surface area contributed by atoms with E-state index in [-0.39, 0.29) is 11.9 Å². The number of carbonyl (C=O) groups is 1. The maximum Gasteiger partial charge on any atom is 0.272 e. The molecule has 2 heterocycles. The number of nitrogens with one attached hydrogen (secondary N) is 1. The van der Waals surface area contributed by atoms with Crippen LogP contribution in [0, 0.1) is 0 Å². The summed E-state index contributed by atoms with van der Waals surface area (Å²) in [6.07, 6.45) is 1.69. The van der Waals surface area contributed by atoms with Crippen LogP contribution < -0.4 is 5.32 Å². The molecular weight excluding hydrogens is 270 g/mol. The highest BCUT2D eigenvalue weighted by Gasteiger charge is 2.20. The molecule has 0 fully saturated rings. The van der Waals surface area contributed by atoms with Crippen LogP contribution in [0.2, 0.25) is 0 Å². The van der Waals surface area contributed by atoms with Crippen LogP contribution in [0.3, 0.4) is 0 Å². The Morgan fingerprint density at radius 1 is 1.45 bits per heavy atom. The van der Waals surface area contributed by atoms with E-state index in [0.29, 0.717) is 5.69 Å². The number of carbonyl (C=O) groups excluding carboxylic acids is 1. The third-order valence-corrected chi connectivity index (χ3v) is 4.26. The average molecular weight is 289 g/mol. The predicted molar refractivity (Wildman–Crippen MR) is 83.2 cm³/mol. The van der Waals surface area contributed by atoms with Crippen molar-refractivity contribution in [1.82, 2.24) is 9.88 Å². The minimum absolute atomic E-state index is 0.0535. The van der Waals surface area contributed by atoms with Crippen molar-refractivity contribution < 1.29 is 4.79 Å². The third-order valence-electron chi connectivity index (χ3n) is 3.22. The molecule has 0 aliphatic heterocycles. The van der Waals surface area contributed by atoms with Gasteiger partial charge in [0.05, 0.1) is 17.9 Å². The van der Waals surface area contributed by atoms with Gasteiger partial charge in [-0.25, -0.2) is 4.98 Å². The van der Waals surface area contributed by atoms with Gasteiger partial charge in [0.2, 0.25) is 0 Å². The molecule has 0 aromatic carbocycles. The van der Waals surface area contributed by atoms with E-state index >= 15 is 0 Å². The van der Waals surface area contributed by atoms with Crippen LogP contribution in [0.4, 0.5) is 5.69 Å². The van der Waals surface area contributed by atoms with Gasteiger partial charge in [0.25, 0.3) is 5.91 Å². The van der Waals surface area contributed by atoms with Gasteiger partial charge in [-0.15, -0.1) is 11.3 Å². The lowest BCUT2D eigenvalue weighted by molar-refractivity contribution is 0.0739. The molecule has 2 aromatic heterocycles. The SMILES string of the molecule is CCNc1ccc(C(=O)N(C)C(C)c2cccs2)nc1. The normalized spacial score (nSPS) is 11.9. The predicted octanol–water partition coefficient (Wildman–Crippen LogP) is 3.41. The second-order valence-electron chi connectivity index (χ2n) is 4.57. The van der Waals surface area contributed by atoms with Gasteiger partial charge in [-0.2, -0.15) is 0 Å². The van der Waals surface area contributed by atoms with Crippen molar-refractivity contribution in [3.8, 4) is 0 Å². The van der Waals surface area contributed by atoms with Gasteiger partial charge in [0.15, 0.2) is 0 Å². The van der Waals surface area contributed by atoms with Gasteiger partial charge in [0, 0.05) is 18.5 Å². The summed E-state index contributed by atoms with van der Waals surface area (Å²) < 4.78 is 0. The second kappa shape index (κ2) is 6.52. The van der Waals surface area contributed by atoms with Crippen LogP contribution in [0.15, 0.2) is 35.8 Å². The highest BCUT2D eigenvalue weighted by molar-refractivity contribution is 7.10. The minimum atomic E-state index is -0.0612. The summed E-state index contributed by atoms with van der Waals surface area (Å²) in [7, 11) is 1.81. The summed E-state index contributed by atoms with van der Waals surface area (Å²) in [6, 6.07) is 7.74. The zero-order chi connectivity index (χ0) is 14.5. The summed E-state index contributed by atoms with van der Waals surface area (Å²) in [4.78, 5) is 19.5. The molecule has 0 bridgehead atoms. The van der Waals surface area contributed by atoms with E-state index in [1.165, 1.54) is 4.88 Å². The van der Waals surface area contributed by atoms with Crippen molar-refractivity contribution in [1.29, 1.82) is 0 Å². The lowest BCUT2D eigenvalue weighted by Crippen LogP contribution is -2.29. The summed E-state index contributed by atoms with van der Waals surface area (Å²) in [6.45, 7) is 4.89. The molecule has 4 nitrogen and oxygen atoms in total. The fourth-order valence-electron chi connectivity index (χ4n) is 1.91. The molecule has 5 heteroatoms. The van der Waals surface area contributed by atoms with Gasteiger partial charge < -0.3 is 10.2 Å². The van der Waals surface area contributed by atoms with E-state index in [2.05, 4.69) is 10.3 Å². The number of thiophene rings is 1. The molecule has 1 amide bonds. The van der Waals surface area contributed by atoms with E-state index in [1.54, 1.807) is 28.5 Å². The van der Waals surface area contributed by atoms with Crippen molar-refractivity contribution in [2.75, 3.05) is 18.9 Å². The Labute approximate surface area is 123 Å². The van der Waals surface area contributed by atoms with Gasteiger partial charge in [0.1, 0.15) is 5.69 Å². The Hall–Kier alpha value is -1.88. The second-order valence-corrected chi connectivity index (χ2v) is 5.55. The molecule has 1 unspecified atom stereocenters. The van der Waals surface area contributed by atoms with Crippen LogP contribution in [-0.4, -0.2) is 29.4 Å². The number of amides is 1. The number of nitrogens with zero attached hydrogens (tertiary/aromatic N) is 2. The first kappa shape index (κ1) is 14.5.